The zero-order valence-electron chi connectivity index (χ0n) is 19.9. The maximum absolute atomic E-state index is 14.7. The zero-order valence-corrected chi connectivity index (χ0v) is 20.7. The van der Waals surface area contributed by atoms with E-state index in [9.17, 15) is 13.0 Å². The second kappa shape index (κ2) is 10.6. The molecule has 7 nitrogen and oxygen atoms in total. The smallest absolute Gasteiger partial charge is 0.215 e. The number of nitrogens with one attached hydrogen (secondary N) is 1. The normalized spacial score (nSPS) is 15.8. The first kappa shape index (κ1) is 24.8. The standard InChI is InChI=1S/C25H28F2N4O3S.H2/c1-4-16(2)31-35(3,32)15-17-10-24-29-23-13-20(21(27)14-28-23)19-7-6-18(26)12-22(19)33-8-5-9-34-25(11-17)30-24;/h6-7,10-14,16H,4-5,8-9,15H2,1-3H3,(H,28,29,30);1H. The molecule has 1 aliphatic rings. The summed E-state index contributed by atoms with van der Waals surface area (Å²) in [6.07, 6.45) is 4.02. The zero-order chi connectivity index (χ0) is 25.0. The first-order chi connectivity index (χ1) is 16.7. The molecule has 0 saturated carbocycles. The Morgan fingerprint density at radius 1 is 1.14 bits per heavy atom. The molecule has 3 aromatic rings. The molecule has 0 fully saturated rings. The number of hydrogen-bond acceptors (Lipinski definition) is 7. The van der Waals surface area contributed by atoms with Crippen LogP contribution < -0.4 is 14.8 Å². The molecule has 10 heteroatoms. The molecule has 0 spiro atoms. The van der Waals surface area contributed by atoms with Gasteiger partial charge in [0.05, 0.1) is 31.2 Å². The van der Waals surface area contributed by atoms with Gasteiger partial charge in [0.25, 0.3) is 0 Å². The highest BCUT2D eigenvalue weighted by Crippen LogP contribution is 2.34. The van der Waals surface area contributed by atoms with Gasteiger partial charge in [-0.05, 0) is 43.2 Å². The summed E-state index contributed by atoms with van der Waals surface area (Å²) < 4.78 is 57.7. The molecule has 2 unspecified atom stereocenters. The summed E-state index contributed by atoms with van der Waals surface area (Å²) >= 11 is 0. The maximum Gasteiger partial charge on any atom is 0.215 e. The average molecular weight is 505 g/mol. The van der Waals surface area contributed by atoms with Crippen LogP contribution in [0.2, 0.25) is 0 Å². The lowest BCUT2D eigenvalue weighted by molar-refractivity contribution is 0.242. The van der Waals surface area contributed by atoms with Crippen LogP contribution in [-0.4, -0.2) is 39.7 Å². The van der Waals surface area contributed by atoms with Crippen molar-refractivity contribution < 1.29 is 23.9 Å². The maximum atomic E-state index is 14.7. The first-order valence-electron chi connectivity index (χ1n) is 11.4. The van der Waals surface area contributed by atoms with Crippen molar-refractivity contribution >= 4 is 21.4 Å². The lowest BCUT2D eigenvalue weighted by Gasteiger charge is -2.16. The van der Waals surface area contributed by atoms with Crippen molar-refractivity contribution in [2.45, 2.75) is 38.5 Å². The second-order valence-electron chi connectivity index (χ2n) is 8.53. The highest BCUT2D eigenvalue weighted by molar-refractivity contribution is 7.92. The van der Waals surface area contributed by atoms with Crippen LogP contribution in [-0.2, 0) is 15.5 Å². The number of ether oxygens (including phenoxy) is 2. The Labute approximate surface area is 205 Å². The molecular formula is C25H30F2N4O3S. The number of fused-ring (bicyclic) bond motifs is 6. The van der Waals surface area contributed by atoms with Gasteiger partial charge in [-0.2, -0.15) is 4.98 Å². The van der Waals surface area contributed by atoms with E-state index >= 15 is 0 Å². The van der Waals surface area contributed by atoms with E-state index in [-0.39, 0.29) is 37.7 Å². The average Bonchev–Trinajstić information content (AvgIpc) is 2.79. The van der Waals surface area contributed by atoms with E-state index in [0.29, 0.717) is 29.5 Å². The minimum atomic E-state index is -2.47. The molecule has 1 N–H and O–H groups in total. The van der Waals surface area contributed by atoms with Crippen molar-refractivity contribution in [1.29, 1.82) is 0 Å². The van der Waals surface area contributed by atoms with Crippen LogP contribution in [0.1, 0.15) is 33.7 Å². The molecule has 3 heterocycles. The van der Waals surface area contributed by atoms with Crippen molar-refractivity contribution in [3.05, 3.63) is 59.8 Å². The number of benzene rings is 1. The Bertz CT molecular complexity index is 1350. The molecule has 35 heavy (non-hydrogen) atoms. The fourth-order valence-electron chi connectivity index (χ4n) is 3.68. The SMILES string of the molecule is CCC(C)N=S(C)(=O)Cc1cc2nc(c1)OCCCOc1cc(F)ccc1-c1cc(ncc1F)N2.[HH]. The fourth-order valence-corrected chi connectivity index (χ4v) is 5.45. The predicted octanol–water partition coefficient (Wildman–Crippen LogP) is 5.97. The minimum Gasteiger partial charge on any atom is -0.493 e. The van der Waals surface area contributed by atoms with Crippen molar-refractivity contribution in [2.24, 2.45) is 4.36 Å². The summed E-state index contributed by atoms with van der Waals surface area (Å²) in [5.74, 6) is 0.499. The Kier molecular flexibility index (Phi) is 7.49. The summed E-state index contributed by atoms with van der Waals surface area (Å²) in [6.45, 7) is 4.46. The highest BCUT2D eigenvalue weighted by atomic mass is 32.2. The van der Waals surface area contributed by atoms with E-state index in [2.05, 4.69) is 19.6 Å². The fraction of sp³-hybridized carbons (Fsp3) is 0.360. The van der Waals surface area contributed by atoms with Crippen LogP contribution in [0, 0.1) is 11.6 Å². The number of rotatable bonds is 4. The summed E-state index contributed by atoms with van der Waals surface area (Å²) in [5, 5.41) is 3.08. The van der Waals surface area contributed by atoms with Gasteiger partial charge in [-0.1, -0.05) is 6.92 Å². The Balaban J connectivity index is 0.00000361. The van der Waals surface area contributed by atoms with Gasteiger partial charge < -0.3 is 14.8 Å². The summed E-state index contributed by atoms with van der Waals surface area (Å²) in [5.41, 5.74) is 1.36. The van der Waals surface area contributed by atoms with Crippen molar-refractivity contribution in [2.75, 3.05) is 24.8 Å². The first-order valence-corrected chi connectivity index (χ1v) is 13.5. The second-order valence-corrected chi connectivity index (χ2v) is 10.9. The van der Waals surface area contributed by atoms with Crippen LogP contribution in [0.4, 0.5) is 20.4 Å². The molecule has 1 aliphatic heterocycles. The molecule has 0 aliphatic carbocycles. The summed E-state index contributed by atoms with van der Waals surface area (Å²) in [7, 11) is -2.47. The van der Waals surface area contributed by atoms with E-state index in [1.807, 2.05) is 13.8 Å². The number of aromatic nitrogens is 2. The van der Waals surface area contributed by atoms with Crippen molar-refractivity contribution in [3.63, 3.8) is 0 Å². The number of hydrogen-bond donors (Lipinski definition) is 1. The van der Waals surface area contributed by atoms with E-state index in [0.717, 1.165) is 18.2 Å². The molecule has 0 radical (unpaired) electrons. The number of pyridine rings is 2. The van der Waals surface area contributed by atoms with Gasteiger partial charge in [0.1, 0.15) is 29.0 Å². The lowest BCUT2D eigenvalue weighted by Crippen LogP contribution is -2.10. The van der Waals surface area contributed by atoms with Gasteiger partial charge in [0.15, 0.2) is 0 Å². The van der Waals surface area contributed by atoms with Gasteiger partial charge in [-0.3, -0.25) is 0 Å². The monoisotopic (exact) mass is 504 g/mol. The molecule has 2 atom stereocenters. The molecule has 0 saturated heterocycles. The van der Waals surface area contributed by atoms with E-state index in [1.54, 1.807) is 18.4 Å². The van der Waals surface area contributed by atoms with Crippen molar-refractivity contribution in [1.82, 2.24) is 9.97 Å². The van der Waals surface area contributed by atoms with Crippen LogP contribution in [0.25, 0.3) is 11.1 Å². The quantitative estimate of drug-likeness (QED) is 0.471. The molecule has 2 aromatic heterocycles. The topological polar surface area (TPSA) is 85.7 Å². The van der Waals surface area contributed by atoms with Gasteiger partial charge in [-0.15, -0.1) is 0 Å². The molecule has 1 aromatic carbocycles. The van der Waals surface area contributed by atoms with E-state index < -0.39 is 21.4 Å². The largest absolute Gasteiger partial charge is 0.493 e. The predicted molar refractivity (Wildman–Crippen MR) is 135 cm³/mol. The molecule has 4 rings (SSSR count). The Morgan fingerprint density at radius 2 is 1.94 bits per heavy atom. The third kappa shape index (κ3) is 6.45. The third-order valence-electron chi connectivity index (χ3n) is 5.43. The van der Waals surface area contributed by atoms with Crippen LogP contribution in [0.15, 0.2) is 47.0 Å². The molecule has 4 bridgehead atoms. The van der Waals surface area contributed by atoms with Gasteiger partial charge >= 0.3 is 0 Å². The number of nitrogens with zero attached hydrogens (tertiary/aromatic N) is 3. The lowest BCUT2D eigenvalue weighted by atomic mass is 10.0. The van der Waals surface area contributed by atoms with Crippen molar-refractivity contribution in [3.8, 4) is 22.8 Å². The third-order valence-corrected chi connectivity index (χ3v) is 7.11. The Hall–Kier alpha value is -3.27. The number of anilines is 2. The molecular weight excluding hydrogens is 474 g/mol. The summed E-state index contributed by atoms with van der Waals surface area (Å²) in [6, 6.07) is 8.96. The van der Waals surface area contributed by atoms with Crippen LogP contribution in [0.3, 0.4) is 0 Å². The van der Waals surface area contributed by atoms with Crippen LogP contribution in [0.5, 0.6) is 11.6 Å². The number of halogens is 2. The van der Waals surface area contributed by atoms with Gasteiger partial charge in [-0.25, -0.2) is 22.3 Å². The van der Waals surface area contributed by atoms with Gasteiger partial charge in [0, 0.05) is 47.1 Å². The van der Waals surface area contributed by atoms with Crippen LogP contribution >= 0.6 is 0 Å². The van der Waals surface area contributed by atoms with E-state index in [4.69, 9.17) is 9.47 Å². The van der Waals surface area contributed by atoms with Gasteiger partial charge in [0.2, 0.25) is 5.88 Å². The minimum absolute atomic E-state index is 0. The molecule has 0 amide bonds. The Morgan fingerprint density at radius 3 is 2.74 bits per heavy atom. The summed E-state index contributed by atoms with van der Waals surface area (Å²) in [4.78, 5) is 8.60. The molecule has 188 valence electrons. The highest BCUT2D eigenvalue weighted by Gasteiger charge is 2.16. The van der Waals surface area contributed by atoms with E-state index in [1.165, 1.54) is 24.3 Å².